The van der Waals surface area contributed by atoms with Crippen LogP contribution < -0.4 is 4.90 Å². The average Bonchev–Trinajstić information content (AvgIpc) is 2.42. The number of halogens is 2. The predicted molar refractivity (Wildman–Crippen MR) is 72.6 cm³/mol. The number of rotatable bonds is 6. The van der Waals surface area contributed by atoms with Gasteiger partial charge in [-0.05, 0) is 13.0 Å². The summed E-state index contributed by atoms with van der Waals surface area (Å²) >= 11 is 5.67. The van der Waals surface area contributed by atoms with Crippen LogP contribution in [0.15, 0.2) is 12.1 Å². The number of methoxy groups -OCH3 is 1. The molecule has 1 aromatic carbocycles. The Morgan fingerprint density at radius 1 is 1.55 bits per heavy atom. The van der Waals surface area contributed by atoms with Gasteiger partial charge in [-0.3, -0.25) is 14.9 Å². The topological polar surface area (TPSA) is 72.7 Å². The molecule has 0 N–H and O–H groups in total. The zero-order valence-corrected chi connectivity index (χ0v) is 11.8. The summed E-state index contributed by atoms with van der Waals surface area (Å²) in [7, 11) is 1.26. The molecule has 0 atom stereocenters. The van der Waals surface area contributed by atoms with Crippen molar-refractivity contribution in [3.63, 3.8) is 0 Å². The number of carbonyl (C=O) groups is 1. The van der Waals surface area contributed by atoms with Crippen LogP contribution in [0.4, 0.5) is 15.8 Å². The second kappa shape index (κ2) is 7.04. The molecule has 1 aromatic rings. The Kier molecular flexibility index (Phi) is 5.69. The van der Waals surface area contributed by atoms with Crippen molar-refractivity contribution in [1.29, 1.82) is 0 Å². The van der Waals surface area contributed by atoms with Crippen LogP contribution in [0, 0.1) is 15.9 Å². The van der Waals surface area contributed by atoms with Gasteiger partial charge in [0, 0.05) is 13.1 Å². The number of carbonyl (C=O) groups excluding carboxylic acids is 1. The number of nitro groups is 1. The zero-order valence-electron chi connectivity index (χ0n) is 11.1. The monoisotopic (exact) mass is 304 g/mol. The van der Waals surface area contributed by atoms with Crippen LogP contribution in [-0.4, -0.2) is 31.1 Å². The number of esters is 1. The summed E-state index contributed by atoms with van der Waals surface area (Å²) in [4.78, 5) is 23.0. The SMILES string of the molecule is CCN(CCC(=O)OC)c1cc(Cl)c(F)cc1[N+](=O)[O-]. The van der Waals surface area contributed by atoms with Crippen molar-refractivity contribution in [3.8, 4) is 0 Å². The third kappa shape index (κ3) is 3.80. The first-order chi connectivity index (χ1) is 9.40. The summed E-state index contributed by atoms with van der Waals surface area (Å²) in [5.74, 6) is -1.29. The fraction of sp³-hybridized carbons (Fsp3) is 0.417. The van der Waals surface area contributed by atoms with Gasteiger partial charge in [-0.1, -0.05) is 11.6 Å². The summed E-state index contributed by atoms with van der Waals surface area (Å²) < 4.78 is 17.8. The van der Waals surface area contributed by atoms with Gasteiger partial charge < -0.3 is 9.64 Å². The lowest BCUT2D eigenvalue weighted by Crippen LogP contribution is -2.27. The predicted octanol–water partition coefficient (Wildman–Crippen LogP) is 2.78. The van der Waals surface area contributed by atoms with E-state index in [9.17, 15) is 19.3 Å². The van der Waals surface area contributed by atoms with Gasteiger partial charge in [0.2, 0.25) is 0 Å². The fourth-order valence-electron chi connectivity index (χ4n) is 1.70. The van der Waals surface area contributed by atoms with Crippen molar-refractivity contribution >= 4 is 28.9 Å². The molecule has 1 rings (SSSR count). The molecule has 0 amide bonds. The van der Waals surface area contributed by atoms with Gasteiger partial charge >= 0.3 is 5.97 Å². The van der Waals surface area contributed by atoms with E-state index in [1.807, 2.05) is 0 Å². The third-order valence-electron chi connectivity index (χ3n) is 2.75. The molecule has 20 heavy (non-hydrogen) atoms. The van der Waals surface area contributed by atoms with Gasteiger partial charge in [-0.25, -0.2) is 4.39 Å². The number of nitrogens with zero attached hydrogens (tertiary/aromatic N) is 2. The van der Waals surface area contributed by atoms with Crippen molar-refractivity contribution in [2.24, 2.45) is 0 Å². The standard InChI is InChI=1S/C12H14ClFN2O4/c1-3-15(5-4-12(17)20-2)10-6-8(13)9(14)7-11(10)16(18)19/h6-7H,3-5H2,1-2H3. The van der Waals surface area contributed by atoms with Crippen LogP contribution >= 0.6 is 11.6 Å². The molecular formula is C12H14ClFN2O4. The van der Waals surface area contributed by atoms with E-state index in [4.69, 9.17) is 11.6 Å². The molecule has 0 aliphatic rings. The van der Waals surface area contributed by atoms with Crippen LogP contribution in [0.25, 0.3) is 0 Å². The molecule has 0 spiro atoms. The fourth-order valence-corrected chi connectivity index (χ4v) is 1.86. The average molecular weight is 305 g/mol. The van der Waals surface area contributed by atoms with E-state index in [0.717, 1.165) is 6.07 Å². The Labute approximate surface area is 120 Å². The molecule has 110 valence electrons. The quantitative estimate of drug-likeness (QED) is 0.459. The molecule has 6 nitrogen and oxygen atoms in total. The maximum atomic E-state index is 13.3. The second-order valence-electron chi connectivity index (χ2n) is 3.92. The van der Waals surface area contributed by atoms with Gasteiger partial charge in [-0.2, -0.15) is 0 Å². The highest BCUT2D eigenvalue weighted by Crippen LogP contribution is 2.33. The molecule has 0 aromatic heterocycles. The highest BCUT2D eigenvalue weighted by Gasteiger charge is 2.22. The van der Waals surface area contributed by atoms with Gasteiger partial charge in [0.1, 0.15) is 11.5 Å². The number of hydrogen-bond acceptors (Lipinski definition) is 5. The summed E-state index contributed by atoms with van der Waals surface area (Å²) in [6.07, 6.45) is 0.0660. The van der Waals surface area contributed by atoms with Gasteiger partial charge in [0.25, 0.3) is 5.69 Å². The molecule has 0 saturated heterocycles. The van der Waals surface area contributed by atoms with Crippen LogP contribution in [0.3, 0.4) is 0 Å². The second-order valence-corrected chi connectivity index (χ2v) is 4.33. The van der Waals surface area contributed by atoms with E-state index in [2.05, 4.69) is 4.74 Å². The van der Waals surface area contributed by atoms with Crippen LogP contribution in [0.5, 0.6) is 0 Å². The molecule has 0 fully saturated rings. The highest BCUT2D eigenvalue weighted by atomic mass is 35.5. The lowest BCUT2D eigenvalue weighted by atomic mass is 10.2. The number of nitro benzene ring substituents is 1. The van der Waals surface area contributed by atoms with E-state index >= 15 is 0 Å². The van der Waals surface area contributed by atoms with Crippen molar-refractivity contribution in [2.75, 3.05) is 25.1 Å². The number of anilines is 1. The normalized spacial score (nSPS) is 10.2. The van der Waals surface area contributed by atoms with Crippen LogP contribution in [0.1, 0.15) is 13.3 Å². The first-order valence-electron chi connectivity index (χ1n) is 5.85. The van der Waals surface area contributed by atoms with Gasteiger partial charge in [-0.15, -0.1) is 0 Å². The molecular weight excluding hydrogens is 291 g/mol. The smallest absolute Gasteiger partial charge is 0.307 e. The van der Waals surface area contributed by atoms with Crippen molar-refractivity contribution < 1.29 is 18.8 Å². The Morgan fingerprint density at radius 2 is 2.20 bits per heavy atom. The minimum atomic E-state index is -0.855. The Hall–Kier alpha value is -1.89. The molecule has 0 aliphatic carbocycles. The molecule has 8 heteroatoms. The highest BCUT2D eigenvalue weighted by molar-refractivity contribution is 6.31. The Morgan fingerprint density at radius 3 is 2.70 bits per heavy atom. The summed E-state index contributed by atoms with van der Waals surface area (Å²) in [5.41, 5.74) is -0.216. The minimum absolute atomic E-state index is 0.0660. The van der Waals surface area contributed by atoms with E-state index in [1.165, 1.54) is 13.2 Å². The summed E-state index contributed by atoms with van der Waals surface area (Å²) in [6.45, 7) is 2.38. The summed E-state index contributed by atoms with van der Waals surface area (Å²) in [5, 5.41) is 10.8. The van der Waals surface area contributed by atoms with Crippen molar-refractivity contribution in [2.45, 2.75) is 13.3 Å². The van der Waals surface area contributed by atoms with Gasteiger partial charge in [0.15, 0.2) is 0 Å². The third-order valence-corrected chi connectivity index (χ3v) is 3.04. The molecule has 0 bridgehead atoms. The van der Waals surface area contributed by atoms with E-state index in [1.54, 1.807) is 11.8 Å². The van der Waals surface area contributed by atoms with E-state index < -0.39 is 22.4 Å². The number of benzene rings is 1. The van der Waals surface area contributed by atoms with Crippen molar-refractivity contribution in [3.05, 3.63) is 33.1 Å². The van der Waals surface area contributed by atoms with Crippen LogP contribution in [-0.2, 0) is 9.53 Å². The largest absolute Gasteiger partial charge is 0.469 e. The first kappa shape index (κ1) is 16.2. The molecule has 0 saturated carbocycles. The molecule has 0 heterocycles. The molecule has 0 radical (unpaired) electrons. The molecule has 0 aliphatic heterocycles. The van der Waals surface area contributed by atoms with E-state index in [-0.39, 0.29) is 23.7 Å². The maximum absolute atomic E-state index is 13.3. The van der Waals surface area contributed by atoms with Crippen molar-refractivity contribution in [1.82, 2.24) is 0 Å². The zero-order chi connectivity index (χ0) is 15.3. The number of ether oxygens (including phenoxy) is 1. The van der Waals surface area contributed by atoms with Gasteiger partial charge in [0.05, 0.1) is 29.5 Å². The van der Waals surface area contributed by atoms with E-state index in [0.29, 0.717) is 6.54 Å². The Balaban J connectivity index is 3.10. The lowest BCUT2D eigenvalue weighted by molar-refractivity contribution is -0.384. The minimum Gasteiger partial charge on any atom is -0.469 e. The Bertz CT molecular complexity index is 524. The molecule has 0 unspecified atom stereocenters. The number of hydrogen-bond donors (Lipinski definition) is 0. The lowest BCUT2D eigenvalue weighted by Gasteiger charge is -2.22. The summed E-state index contributed by atoms with van der Waals surface area (Å²) in [6, 6.07) is 1.97. The maximum Gasteiger partial charge on any atom is 0.307 e. The first-order valence-corrected chi connectivity index (χ1v) is 6.23. The van der Waals surface area contributed by atoms with Crippen LogP contribution in [0.2, 0.25) is 5.02 Å².